The van der Waals surface area contributed by atoms with Crippen molar-refractivity contribution in [3.63, 3.8) is 0 Å². The third-order valence-electron chi connectivity index (χ3n) is 2.69. The molecule has 1 aromatic heterocycles. The molecule has 0 aromatic carbocycles. The first-order valence-corrected chi connectivity index (χ1v) is 5.42. The Hall–Kier alpha value is -1.30. The molecular weight excluding hydrogens is 233 g/mol. The van der Waals surface area contributed by atoms with Crippen LogP contribution >= 0.6 is 0 Å². The first-order valence-electron chi connectivity index (χ1n) is 5.42. The highest BCUT2D eigenvalue weighted by Crippen LogP contribution is 2.29. The van der Waals surface area contributed by atoms with E-state index >= 15 is 0 Å². The van der Waals surface area contributed by atoms with Gasteiger partial charge in [0.2, 0.25) is 5.88 Å². The summed E-state index contributed by atoms with van der Waals surface area (Å²) in [5.41, 5.74) is -0.757. The van der Waals surface area contributed by atoms with E-state index in [1.165, 1.54) is 6.07 Å². The van der Waals surface area contributed by atoms with Gasteiger partial charge in [-0.05, 0) is 19.0 Å². The van der Waals surface area contributed by atoms with Gasteiger partial charge in [0.1, 0.15) is 0 Å². The second-order valence-electron chi connectivity index (χ2n) is 4.05. The number of nitrogens with zero attached hydrogens (tertiary/aromatic N) is 1. The molecule has 1 aliphatic heterocycles. The zero-order chi connectivity index (χ0) is 12.3. The van der Waals surface area contributed by atoms with E-state index in [4.69, 9.17) is 4.74 Å². The van der Waals surface area contributed by atoms with Crippen LogP contribution in [0.2, 0.25) is 0 Å². The summed E-state index contributed by atoms with van der Waals surface area (Å²) >= 11 is 0. The van der Waals surface area contributed by atoms with Gasteiger partial charge in [-0.2, -0.15) is 13.2 Å². The summed E-state index contributed by atoms with van der Waals surface area (Å²) in [5.74, 6) is 0.656. The highest BCUT2D eigenvalue weighted by Gasteiger charge is 2.30. The maximum atomic E-state index is 12.3. The van der Waals surface area contributed by atoms with E-state index in [1.807, 2.05) is 0 Å². The molecule has 0 bridgehead atoms. The number of hydrogen-bond donors (Lipinski definition) is 1. The summed E-state index contributed by atoms with van der Waals surface area (Å²) in [4.78, 5) is 3.64. The zero-order valence-corrected chi connectivity index (χ0v) is 9.13. The molecule has 1 fully saturated rings. The molecule has 0 spiro atoms. The lowest BCUT2D eigenvalue weighted by molar-refractivity contribution is -0.137. The molecule has 1 atom stereocenters. The Morgan fingerprint density at radius 1 is 1.41 bits per heavy atom. The average Bonchev–Trinajstić information content (AvgIpc) is 2.78. The molecule has 0 radical (unpaired) electrons. The van der Waals surface area contributed by atoms with Gasteiger partial charge in [-0.1, -0.05) is 0 Å². The van der Waals surface area contributed by atoms with Crippen molar-refractivity contribution in [2.45, 2.75) is 12.6 Å². The Morgan fingerprint density at radius 2 is 2.24 bits per heavy atom. The average molecular weight is 246 g/mol. The van der Waals surface area contributed by atoms with Crippen LogP contribution in [0.25, 0.3) is 0 Å². The van der Waals surface area contributed by atoms with E-state index in [1.54, 1.807) is 0 Å². The van der Waals surface area contributed by atoms with Gasteiger partial charge in [0, 0.05) is 24.7 Å². The predicted octanol–water partition coefficient (Wildman–Crippen LogP) is 2.09. The predicted molar refractivity (Wildman–Crippen MR) is 55.7 cm³/mol. The topological polar surface area (TPSA) is 34.1 Å². The zero-order valence-electron chi connectivity index (χ0n) is 9.13. The minimum atomic E-state index is -4.35. The highest BCUT2D eigenvalue weighted by molar-refractivity contribution is 5.20. The van der Waals surface area contributed by atoms with Crippen LogP contribution in [-0.4, -0.2) is 24.7 Å². The van der Waals surface area contributed by atoms with E-state index in [9.17, 15) is 13.2 Å². The SMILES string of the molecule is FC(F)(F)c1ccc(OC[C@H]2CCNC2)nc1. The van der Waals surface area contributed by atoms with E-state index in [0.29, 0.717) is 12.5 Å². The second kappa shape index (κ2) is 4.91. The van der Waals surface area contributed by atoms with Crippen molar-refractivity contribution in [3.05, 3.63) is 23.9 Å². The van der Waals surface area contributed by atoms with Crippen LogP contribution < -0.4 is 10.1 Å². The quantitative estimate of drug-likeness (QED) is 0.886. The van der Waals surface area contributed by atoms with Crippen molar-refractivity contribution in [1.29, 1.82) is 0 Å². The summed E-state index contributed by atoms with van der Waals surface area (Å²) in [6.07, 6.45) is -2.52. The van der Waals surface area contributed by atoms with Crippen LogP contribution in [0.15, 0.2) is 18.3 Å². The third kappa shape index (κ3) is 3.33. The molecule has 3 nitrogen and oxygen atoms in total. The van der Waals surface area contributed by atoms with E-state index in [2.05, 4.69) is 10.3 Å². The molecule has 1 saturated heterocycles. The maximum absolute atomic E-state index is 12.3. The summed E-state index contributed by atoms with van der Waals surface area (Å²) in [6.45, 7) is 2.35. The van der Waals surface area contributed by atoms with Gasteiger partial charge in [-0.3, -0.25) is 0 Å². The minimum Gasteiger partial charge on any atom is -0.477 e. The molecule has 6 heteroatoms. The fourth-order valence-corrected chi connectivity index (χ4v) is 1.69. The van der Waals surface area contributed by atoms with Gasteiger partial charge in [0.05, 0.1) is 12.2 Å². The van der Waals surface area contributed by atoms with Gasteiger partial charge in [-0.25, -0.2) is 4.98 Å². The van der Waals surface area contributed by atoms with Crippen LogP contribution in [0.3, 0.4) is 0 Å². The monoisotopic (exact) mass is 246 g/mol. The first-order chi connectivity index (χ1) is 8.05. The van der Waals surface area contributed by atoms with Crippen LogP contribution in [-0.2, 0) is 6.18 Å². The number of halogens is 3. The first kappa shape index (κ1) is 12.2. The number of nitrogens with one attached hydrogen (secondary N) is 1. The summed E-state index contributed by atoms with van der Waals surface area (Å²) in [7, 11) is 0. The van der Waals surface area contributed by atoms with Crippen LogP contribution in [0.1, 0.15) is 12.0 Å². The fourth-order valence-electron chi connectivity index (χ4n) is 1.69. The fraction of sp³-hybridized carbons (Fsp3) is 0.545. The number of ether oxygens (including phenoxy) is 1. The van der Waals surface area contributed by atoms with Gasteiger partial charge in [0.15, 0.2) is 0 Å². The van der Waals surface area contributed by atoms with Crippen LogP contribution in [0.5, 0.6) is 5.88 Å². The molecule has 1 aliphatic rings. The van der Waals surface area contributed by atoms with Gasteiger partial charge in [-0.15, -0.1) is 0 Å². The third-order valence-corrected chi connectivity index (χ3v) is 2.69. The number of rotatable bonds is 3. The van der Waals surface area contributed by atoms with E-state index in [0.717, 1.165) is 31.8 Å². The number of alkyl halides is 3. The molecule has 17 heavy (non-hydrogen) atoms. The largest absolute Gasteiger partial charge is 0.477 e. The molecular formula is C11H13F3N2O. The number of pyridine rings is 1. The van der Waals surface area contributed by atoms with Crippen molar-refractivity contribution < 1.29 is 17.9 Å². The van der Waals surface area contributed by atoms with Gasteiger partial charge >= 0.3 is 6.18 Å². The lowest BCUT2D eigenvalue weighted by Gasteiger charge is -2.11. The summed E-state index contributed by atoms with van der Waals surface area (Å²) < 4.78 is 42.1. The Kier molecular flexibility index (Phi) is 3.51. The van der Waals surface area contributed by atoms with Crippen molar-refractivity contribution in [2.75, 3.05) is 19.7 Å². The normalized spacial score (nSPS) is 20.5. The molecule has 2 heterocycles. The standard InChI is InChI=1S/C11H13F3N2O/c12-11(13,14)9-1-2-10(16-6-9)17-7-8-3-4-15-5-8/h1-2,6,8,15H,3-5,7H2/t8-/m0/s1. The maximum Gasteiger partial charge on any atom is 0.417 e. The summed E-state index contributed by atoms with van der Waals surface area (Å²) in [6, 6.07) is 2.24. The molecule has 0 amide bonds. The Balaban J connectivity index is 1.89. The lowest BCUT2D eigenvalue weighted by atomic mass is 10.1. The molecule has 0 saturated carbocycles. The van der Waals surface area contributed by atoms with Gasteiger partial charge in [0.25, 0.3) is 0 Å². The van der Waals surface area contributed by atoms with Crippen molar-refractivity contribution in [3.8, 4) is 5.88 Å². The lowest BCUT2D eigenvalue weighted by Crippen LogP contribution is -2.16. The van der Waals surface area contributed by atoms with Crippen molar-refractivity contribution in [2.24, 2.45) is 5.92 Å². The molecule has 2 rings (SSSR count). The van der Waals surface area contributed by atoms with E-state index in [-0.39, 0.29) is 5.88 Å². The number of aromatic nitrogens is 1. The minimum absolute atomic E-state index is 0.241. The molecule has 1 aromatic rings. The highest BCUT2D eigenvalue weighted by atomic mass is 19.4. The Morgan fingerprint density at radius 3 is 2.76 bits per heavy atom. The Labute approximate surface area is 97.0 Å². The van der Waals surface area contributed by atoms with E-state index < -0.39 is 11.7 Å². The smallest absolute Gasteiger partial charge is 0.417 e. The van der Waals surface area contributed by atoms with Crippen molar-refractivity contribution in [1.82, 2.24) is 10.3 Å². The summed E-state index contributed by atoms with van der Waals surface area (Å²) in [5, 5.41) is 3.19. The number of hydrogen-bond acceptors (Lipinski definition) is 3. The van der Waals surface area contributed by atoms with Crippen LogP contribution in [0.4, 0.5) is 13.2 Å². The molecule has 0 aliphatic carbocycles. The molecule has 94 valence electrons. The second-order valence-corrected chi connectivity index (χ2v) is 4.05. The molecule has 0 unspecified atom stereocenters. The van der Waals surface area contributed by atoms with Gasteiger partial charge < -0.3 is 10.1 Å². The Bertz CT molecular complexity index is 358. The van der Waals surface area contributed by atoms with Crippen molar-refractivity contribution >= 4 is 0 Å². The van der Waals surface area contributed by atoms with Crippen LogP contribution in [0, 0.1) is 5.92 Å². The molecule has 1 N–H and O–H groups in total.